The number of nitrogens with zero attached hydrogens (tertiary/aromatic N) is 3. The van der Waals surface area contributed by atoms with Gasteiger partial charge in [0.15, 0.2) is 6.04 Å². The second-order valence-electron chi connectivity index (χ2n) is 6.81. The molecule has 0 spiro atoms. The lowest BCUT2D eigenvalue weighted by Gasteiger charge is -2.37. The van der Waals surface area contributed by atoms with Gasteiger partial charge in [-0.2, -0.15) is 4.52 Å². The normalized spacial score (nSPS) is 25.3. The van der Waals surface area contributed by atoms with Gasteiger partial charge in [0, 0.05) is 5.56 Å². The highest BCUT2D eigenvalue weighted by atomic mass is 32.1. The van der Waals surface area contributed by atoms with Gasteiger partial charge in [-0.15, -0.1) is 5.10 Å². The molecule has 25 heavy (non-hydrogen) atoms. The Bertz CT molecular complexity index is 866. The zero-order valence-corrected chi connectivity index (χ0v) is 15.5. The molecule has 0 aliphatic carbocycles. The van der Waals surface area contributed by atoms with Gasteiger partial charge in [-0.05, 0) is 20.8 Å². The number of hydrogen-bond acceptors (Lipinski definition) is 5. The third-order valence-corrected chi connectivity index (χ3v) is 5.76. The molecule has 2 aromatic heterocycles. The van der Waals surface area contributed by atoms with E-state index in [4.69, 9.17) is 4.74 Å². The minimum Gasteiger partial charge on any atom is -0.492 e. The first kappa shape index (κ1) is 16.5. The van der Waals surface area contributed by atoms with E-state index in [-0.39, 0.29) is 24.1 Å². The molecule has 0 bridgehead atoms. The molecule has 1 fully saturated rings. The van der Waals surface area contributed by atoms with Crippen LogP contribution < -0.4 is 4.90 Å². The second-order valence-corrected chi connectivity index (χ2v) is 7.82. The number of thiazole rings is 1. The van der Waals surface area contributed by atoms with Crippen molar-refractivity contribution in [2.45, 2.75) is 39.0 Å². The number of rotatable bonds is 3. The zero-order valence-electron chi connectivity index (χ0n) is 14.6. The van der Waals surface area contributed by atoms with Crippen molar-refractivity contribution in [2.75, 3.05) is 13.1 Å². The van der Waals surface area contributed by atoms with Gasteiger partial charge >= 0.3 is 0 Å². The average molecular weight is 359 g/mol. The molecule has 1 aliphatic rings. The standard InChI is InChI=1S/C18H22N4O2S/c1-11-9-21(10-12(2)24-11)15(14-7-5-4-6-8-14)16-17(23)22-18(25-16)19-13(3)20-22/h4-8,11-12,15,23H,9-10H2,1-3H3/p+1/t11-,12+,15-/m0/s1. The zero-order chi connectivity index (χ0) is 17.6. The maximum absolute atomic E-state index is 10.8. The van der Waals surface area contributed by atoms with Crippen LogP contribution in [0.3, 0.4) is 0 Å². The summed E-state index contributed by atoms with van der Waals surface area (Å²) in [4.78, 5) is 7.47. The Labute approximate surface area is 150 Å². The maximum Gasteiger partial charge on any atom is 0.235 e. The largest absolute Gasteiger partial charge is 0.492 e. The van der Waals surface area contributed by atoms with Gasteiger partial charge in [-0.25, -0.2) is 4.98 Å². The molecule has 1 aliphatic heterocycles. The molecule has 6 nitrogen and oxygen atoms in total. The third kappa shape index (κ3) is 3.03. The monoisotopic (exact) mass is 359 g/mol. The quantitative estimate of drug-likeness (QED) is 0.745. The molecule has 1 aromatic carbocycles. The van der Waals surface area contributed by atoms with Gasteiger partial charge in [-0.3, -0.25) is 0 Å². The Morgan fingerprint density at radius 3 is 2.56 bits per heavy atom. The molecule has 132 valence electrons. The number of nitrogens with one attached hydrogen (secondary N) is 1. The summed E-state index contributed by atoms with van der Waals surface area (Å²) in [6.45, 7) is 7.86. The van der Waals surface area contributed by atoms with Crippen molar-refractivity contribution in [1.29, 1.82) is 0 Å². The van der Waals surface area contributed by atoms with Crippen LogP contribution in [0.4, 0.5) is 0 Å². The number of hydrogen-bond donors (Lipinski definition) is 2. The fraction of sp³-hybridized carbons (Fsp3) is 0.444. The topological polar surface area (TPSA) is 64.1 Å². The molecule has 0 saturated carbocycles. The first-order chi connectivity index (χ1) is 12.0. The Morgan fingerprint density at radius 2 is 1.92 bits per heavy atom. The maximum atomic E-state index is 10.8. The Morgan fingerprint density at radius 1 is 1.24 bits per heavy atom. The first-order valence-corrected chi connectivity index (χ1v) is 9.44. The van der Waals surface area contributed by atoms with Crippen LogP contribution in [0.5, 0.6) is 5.88 Å². The lowest BCUT2D eigenvalue weighted by Crippen LogP contribution is -3.15. The number of ether oxygens (including phenoxy) is 1. The van der Waals surface area contributed by atoms with Gasteiger partial charge in [0.25, 0.3) is 0 Å². The summed E-state index contributed by atoms with van der Waals surface area (Å²) in [6, 6.07) is 10.4. The summed E-state index contributed by atoms with van der Waals surface area (Å²) in [5, 5.41) is 15.1. The summed E-state index contributed by atoms with van der Waals surface area (Å²) in [5.74, 6) is 0.874. The van der Waals surface area contributed by atoms with Crippen LogP contribution >= 0.6 is 11.3 Å². The average Bonchev–Trinajstić information content (AvgIpc) is 3.06. The summed E-state index contributed by atoms with van der Waals surface area (Å²) in [6.07, 6.45) is 0.382. The van der Waals surface area contributed by atoms with Crippen molar-refractivity contribution >= 4 is 16.3 Å². The molecule has 0 radical (unpaired) electrons. The summed E-state index contributed by atoms with van der Waals surface area (Å²) < 4.78 is 7.47. The number of fused-ring (bicyclic) bond motifs is 1. The number of aryl methyl sites for hydroxylation is 1. The smallest absolute Gasteiger partial charge is 0.235 e. The highest BCUT2D eigenvalue weighted by Gasteiger charge is 2.37. The Hall–Kier alpha value is -1.96. The van der Waals surface area contributed by atoms with E-state index in [1.807, 2.05) is 25.1 Å². The molecule has 3 aromatic rings. The Kier molecular flexibility index (Phi) is 4.23. The third-order valence-electron chi connectivity index (χ3n) is 4.67. The lowest BCUT2D eigenvalue weighted by atomic mass is 10.0. The molecule has 1 unspecified atom stereocenters. The Balaban J connectivity index is 1.82. The van der Waals surface area contributed by atoms with E-state index in [0.29, 0.717) is 5.82 Å². The van der Waals surface area contributed by atoms with Crippen molar-refractivity contribution in [1.82, 2.24) is 14.6 Å². The molecule has 1 saturated heterocycles. The highest BCUT2D eigenvalue weighted by molar-refractivity contribution is 7.17. The predicted octanol–water partition coefficient (Wildman–Crippen LogP) is 1.59. The van der Waals surface area contributed by atoms with Gasteiger partial charge < -0.3 is 14.7 Å². The van der Waals surface area contributed by atoms with Crippen molar-refractivity contribution < 1.29 is 14.7 Å². The highest BCUT2D eigenvalue weighted by Crippen LogP contribution is 2.35. The molecule has 2 N–H and O–H groups in total. The SMILES string of the molecule is Cc1nc2sc([C@H](c3ccccc3)[NH+]3C[C@@H](C)O[C@@H](C)C3)c(O)n2n1. The van der Waals surface area contributed by atoms with Crippen LogP contribution in [0.2, 0.25) is 0 Å². The van der Waals surface area contributed by atoms with E-state index >= 15 is 0 Å². The first-order valence-electron chi connectivity index (χ1n) is 8.63. The molecule has 3 heterocycles. The van der Waals surface area contributed by atoms with E-state index in [1.165, 1.54) is 21.8 Å². The summed E-state index contributed by atoms with van der Waals surface area (Å²) in [7, 11) is 0. The lowest BCUT2D eigenvalue weighted by molar-refractivity contribution is -0.939. The second kappa shape index (κ2) is 6.40. The van der Waals surface area contributed by atoms with Crippen molar-refractivity contribution in [3.63, 3.8) is 0 Å². The van der Waals surface area contributed by atoms with E-state index in [2.05, 4.69) is 36.1 Å². The van der Waals surface area contributed by atoms with Gasteiger partial charge in [0.05, 0.1) is 0 Å². The van der Waals surface area contributed by atoms with Crippen molar-refractivity contribution in [3.05, 3.63) is 46.6 Å². The fourth-order valence-corrected chi connectivity index (χ4v) is 4.99. The molecule has 7 heteroatoms. The van der Waals surface area contributed by atoms with Gasteiger partial charge in [0.2, 0.25) is 10.8 Å². The van der Waals surface area contributed by atoms with Crippen LogP contribution in [0.1, 0.15) is 36.2 Å². The fourth-order valence-electron chi connectivity index (χ4n) is 3.80. The number of quaternary nitrogens is 1. The van der Waals surface area contributed by atoms with Crippen LogP contribution in [0.25, 0.3) is 4.96 Å². The summed E-state index contributed by atoms with van der Waals surface area (Å²) in [5.41, 5.74) is 1.19. The van der Waals surface area contributed by atoms with E-state index < -0.39 is 0 Å². The minimum atomic E-state index is 0.0452. The molecular formula is C18H23N4O2S+. The van der Waals surface area contributed by atoms with Crippen LogP contribution in [-0.4, -0.2) is 45.0 Å². The molecule has 0 amide bonds. The van der Waals surface area contributed by atoms with E-state index in [1.54, 1.807) is 4.52 Å². The molecule has 4 atom stereocenters. The number of benzene rings is 1. The molecule has 4 rings (SSSR count). The summed E-state index contributed by atoms with van der Waals surface area (Å²) >= 11 is 1.52. The van der Waals surface area contributed by atoms with Crippen LogP contribution in [-0.2, 0) is 4.74 Å². The van der Waals surface area contributed by atoms with Crippen LogP contribution in [0, 0.1) is 6.92 Å². The van der Waals surface area contributed by atoms with E-state index in [0.717, 1.165) is 22.9 Å². The predicted molar refractivity (Wildman–Crippen MR) is 96.3 cm³/mol. The van der Waals surface area contributed by atoms with Crippen molar-refractivity contribution in [3.8, 4) is 5.88 Å². The minimum absolute atomic E-state index is 0.0452. The van der Waals surface area contributed by atoms with Gasteiger partial charge in [0.1, 0.15) is 36.0 Å². The molecular weight excluding hydrogens is 336 g/mol. The van der Waals surface area contributed by atoms with Crippen molar-refractivity contribution in [2.24, 2.45) is 0 Å². The number of morpholine rings is 1. The number of aromatic hydroxyl groups is 1. The van der Waals surface area contributed by atoms with Crippen LogP contribution in [0.15, 0.2) is 30.3 Å². The van der Waals surface area contributed by atoms with Gasteiger partial charge in [-0.1, -0.05) is 41.7 Å². The van der Waals surface area contributed by atoms with E-state index in [9.17, 15) is 5.11 Å². The number of aromatic nitrogens is 3.